The van der Waals surface area contributed by atoms with Gasteiger partial charge in [-0.15, -0.1) is 0 Å². The summed E-state index contributed by atoms with van der Waals surface area (Å²) in [4.78, 5) is 4.17. The van der Waals surface area contributed by atoms with Crippen LogP contribution >= 0.6 is 0 Å². The molecule has 0 fully saturated rings. The first-order chi connectivity index (χ1) is 10.5. The van der Waals surface area contributed by atoms with E-state index in [1.165, 1.54) is 0 Å². The summed E-state index contributed by atoms with van der Waals surface area (Å²) in [6, 6.07) is 4.02. The van der Waals surface area contributed by atoms with Gasteiger partial charge in [-0.25, -0.2) is 9.66 Å². The maximum Gasteiger partial charge on any atom is 0.123 e. The molecule has 0 saturated heterocycles. The van der Waals surface area contributed by atoms with Gasteiger partial charge in [0.05, 0.1) is 18.1 Å². The van der Waals surface area contributed by atoms with Gasteiger partial charge in [-0.05, 0) is 35.4 Å². The Hall–Kier alpha value is -2.10. The summed E-state index contributed by atoms with van der Waals surface area (Å²) in [7, 11) is 0. The smallest absolute Gasteiger partial charge is 0.123 e. The van der Waals surface area contributed by atoms with Gasteiger partial charge in [-0.3, -0.25) is 0 Å². The number of hydrogen-bond donors (Lipinski definition) is 1. The summed E-state index contributed by atoms with van der Waals surface area (Å²) in [5, 5.41) is 15.1. The third-order valence-electron chi connectivity index (χ3n) is 3.79. The summed E-state index contributed by atoms with van der Waals surface area (Å²) >= 11 is 0. The first kappa shape index (κ1) is 17.3. The highest BCUT2D eigenvalue weighted by Crippen LogP contribution is 2.39. The highest BCUT2D eigenvalue weighted by molar-refractivity contribution is 5.81. The molecule has 124 valence electrons. The van der Waals surface area contributed by atoms with Crippen LogP contribution in [0, 0.1) is 6.92 Å². The predicted octanol–water partition coefficient (Wildman–Crippen LogP) is 4.37. The highest BCUT2D eigenvalue weighted by atomic mass is 16.3. The Labute approximate surface area is 138 Å². The van der Waals surface area contributed by atoms with Crippen molar-refractivity contribution in [1.29, 1.82) is 0 Å². The molecule has 1 heterocycles. The number of aromatic hydroxyl groups is 1. The zero-order valence-electron chi connectivity index (χ0n) is 15.2. The topological polar surface area (TPSA) is 50.4 Å². The zero-order chi connectivity index (χ0) is 17.4. The lowest BCUT2D eigenvalue weighted by Crippen LogP contribution is -2.17. The lowest BCUT2D eigenvalue weighted by Gasteiger charge is -2.27. The van der Waals surface area contributed by atoms with Crippen LogP contribution in [0.2, 0.25) is 0 Å². The molecule has 0 aliphatic carbocycles. The van der Waals surface area contributed by atoms with Crippen LogP contribution in [0.5, 0.6) is 5.75 Å². The van der Waals surface area contributed by atoms with Crippen molar-refractivity contribution in [3.63, 3.8) is 0 Å². The Bertz CT molecular complexity index is 693. The molecule has 0 amide bonds. The summed E-state index contributed by atoms with van der Waals surface area (Å²) in [6.45, 7) is 14.6. The Morgan fingerprint density at radius 1 is 1.04 bits per heavy atom. The van der Waals surface area contributed by atoms with Crippen molar-refractivity contribution in [3.8, 4) is 5.75 Å². The molecule has 2 rings (SSSR count). The van der Waals surface area contributed by atoms with Crippen LogP contribution in [0.25, 0.3) is 0 Å². The van der Waals surface area contributed by atoms with E-state index in [4.69, 9.17) is 0 Å². The number of benzene rings is 1. The maximum atomic E-state index is 10.7. The van der Waals surface area contributed by atoms with E-state index in [2.05, 4.69) is 51.6 Å². The van der Waals surface area contributed by atoms with Crippen molar-refractivity contribution >= 4 is 6.21 Å². The van der Waals surface area contributed by atoms with Gasteiger partial charge in [0.2, 0.25) is 0 Å². The molecule has 0 aliphatic rings. The standard InChI is InChI=1S/C19H27N3O/c1-13-11-22(12-20-13)21-10-14-8-15(18(2,3)4)17(23)16(9-14)19(5,6)7/h8-12,23H,1-7H3. The van der Waals surface area contributed by atoms with Gasteiger partial charge in [0.25, 0.3) is 0 Å². The van der Waals surface area contributed by atoms with E-state index in [-0.39, 0.29) is 10.8 Å². The number of hydrogen-bond acceptors (Lipinski definition) is 3. The molecule has 4 nitrogen and oxygen atoms in total. The van der Waals surface area contributed by atoms with E-state index in [1.54, 1.807) is 11.0 Å². The molecule has 2 aromatic rings. The number of aryl methyl sites for hydroxylation is 1. The Kier molecular flexibility index (Phi) is 4.38. The fourth-order valence-electron chi connectivity index (χ4n) is 2.48. The quantitative estimate of drug-likeness (QED) is 0.837. The molecule has 0 unspecified atom stereocenters. The van der Waals surface area contributed by atoms with E-state index >= 15 is 0 Å². The predicted molar refractivity (Wildman–Crippen MR) is 95.5 cm³/mol. The van der Waals surface area contributed by atoms with Gasteiger partial charge in [0.15, 0.2) is 0 Å². The SMILES string of the molecule is Cc1cn(N=Cc2cc(C(C)(C)C)c(O)c(C(C)(C)C)c2)cn1. The number of imidazole rings is 1. The molecule has 0 aliphatic heterocycles. The lowest BCUT2D eigenvalue weighted by molar-refractivity contribution is 0.423. The van der Waals surface area contributed by atoms with Gasteiger partial charge in [0, 0.05) is 11.1 Å². The van der Waals surface area contributed by atoms with E-state index in [1.807, 2.05) is 31.5 Å². The Morgan fingerprint density at radius 3 is 1.96 bits per heavy atom. The van der Waals surface area contributed by atoms with Crippen LogP contribution < -0.4 is 0 Å². The minimum atomic E-state index is -0.139. The second-order valence-electron chi connectivity index (χ2n) is 8.10. The van der Waals surface area contributed by atoms with E-state index in [9.17, 15) is 5.11 Å². The van der Waals surface area contributed by atoms with Crippen LogP contribution in [-0.2, 0) is 10.8 Å². The Balaban J connectivity index is 2.53. The molecular formula is C19H27N3O. The molecule has 1 aromatic carbocycles. The second kappa shape index (κ2) is 5.84. The van der Waals surface area contributed by atoms with Crippen LogP contribution in [0.1, 0.15) is 63.9 Å². The maximum absolute atomic E-state index is 10.7. The number of phenolic OH excluding ortho intramolecular Hbond substituents is 1. The van der Waals surface area contributed by atoms with Crippen LogP contribution in [0.15, 0.2) is 29.8 Å². The molecule has 1 N–H and O–H groups in total. The monoisotopic (exact) mass is 313 g/mol. The van der Waals surface area contributed by atoms with Crippen molar-refractivity contribution in [3.05, 3.63) is 47.0 Å². The third kappa shape index (κ3) is 4.01. The zero-order valence-corrected chi connectivity index (χ0v) is 15.2. The lowest BCUT2D eigenvalue weighted by atomic mass is 9.78. The summed E-state index contributed by atoms with van der Waals surface area (Å²) < 4.78 is 1.69. The molecule has 0 saturated carbocycles. The van der Waals surface area contributed by atoms with Crippen molar-refractivity contribution in [1.82, 2.24) is 9.66 Å². The van der Waals surface area contributed by atoms with Gasteiger partial charge in [-0.1, -0.05) is 41.5 Å². The molecule has 4 heteroatoms. The first-order valence-electron chi connectivity index (χ1n) is 7.91. The molecule has 1 aromatic heterocycles. The minimum absolute atomic E-state index is 0.139. The molecule has 0 radical (unpaired) electrons. The minimum Gasteiger partial charge on any atom is -0.507 e. The Morgan fingerprint density at radius 2 is 1.57 bits per heavy atom. The van der Waals surface area contributed by atoms with E-state index < -0.39 is 0 Å². The average molecular weight is 313 g/mol. The molecule has 0 atom stereocenters. The van der Waals surface area contributed by atoms with Gasteiger partial charge in [0.1, 0.15) is 12.1 Å². The molecule has 23 heavy (non-hydrogen) atoms. The van der Waals surface area contributed by atoms with Crippen molar-refractivity contribution in [2.75, 3.05) is 0 Å². The fraction of sp³-hybridized carbons (Fsp3) is 0.474. The molecule has 0 bridgehead atoms. The van der Waals surface area contributed by atoms with Crippen molar-refractivity contribution in [2.24, 2.45) is 5.10 Å². The molecular weight excluding hydrogens is 286 g/mol. The third-order valence-corrected chi connectivity index (χ3v) is 3.79. The van der Waals surface area contributed by atoms with Crippen LogP contribution in [-0.4, -0.2) is 21.0 Å². The number of rotatable bonds is 2. The van der Waals surface area contributed by atoms with Crippen LogP contribution in [0.4, 0.5) is 0 Å². The van der Waals surface area contributed by atoms with Gasteiger partial charge < -0.3 is 5.11 Å². The highest BCUT2D eigenvalue weighted by Gasteiger charge is 2.26. The average Bonchev–Trinajstić information content (AvgIpc) is 2.80. The fourth-order valence-corrected chi connectivity index (χ4v) is 2.48. The van der Waals surface area contributed by atoms with E-state index in [0.29, 0.717) is 5.75 Å². The summed E-state index contributed by atoms with van der Waals surface area (Å²) in [5.41, 5.74) is 3.50. The van der Waals surface area contributed by atoms with Gasteiger partial charge in [-0.2, -0.15) is 5.10 Å². The first-order valence-corrected chi connectivity index (χ1v) is 7.91. The molecule has 0 spiro atoms. The summed E-state index contributed by atoms with van der Waals surface area (Å²) in [6.07, 6.45) is 5.36. The largest absolute Gasteiger partial charge is 0.507 e. The normalized spacial score (nSPS) is 13.0. The van der Waals surface area contributed by atoms with Crippen molar-refractivity contribution < 1.29 is 5.11 Å². The van der Waals surface area contributed by atoms with E-state index in [0.717, 1.165) is 22.4 Å². The number of nitrogens with zero attached hydrogens (tertiary/aromatic N) is 3. The number of aromatic nitrogens is 2. The second-order valence-corrected chi connectivity index (χ2v) is 8.10. The van der Waals surface area contributed by atoms with Crippen LogP contribution in [0.3, 0.4) is 0 Å². The van der Waals surface area contributed by atoms with Crippen molar-refractivity contribution in [2.45, 2.75) is 59.3 Å². The van der Waals surface area contributed by atoms with Gasteiger partial charge >= 0.3 is 0 Å². The number of phenols is 1. The summed E-state index contributed by atoms with van der Waals surface area (Å²) in [5.74, 6) is 0.389.